The second kappa shape index (κ2) is 26.8. The molecule has 20 nitrogen and oxygen atoms in total. The van der Waals surface area contributed by atoms with Crippen molar-refractivity contribution in [1.29, 1.82) is 0 Å². The standard InChI is InChI=1S/C56H78N14O6.2ClH/c1-33(47(61-51(71)35(3)57-5)55(75)67-29-13-23-45(67)53(73)59-41-21-11-17-37-15-7-9-19-39(37)41)25-27-43-49-50-44(64-66-70(50)32-31-69(49)65-63-43)28-26-34(2)48(62-52(72)36(4)58-6)56(76)68-30-14-24-46(68)54(74)60-42-22-12-18-38-16-8-10-20-40(38)42;;/h7-10,15-16,19-20,33-36,41-42,45-48,57-58H,11-14,17-18,21-32H2,1-6H3,(H,59,73)(H,60,74)(H,61,71)(H,62,72);2*1H/t33-,34-,35-,36-,41+,42?,45-,46-,47-,48?;;/m0../s1. The molecule has 2 aromatic heterocycles. The molecule has 5 heterocycles. The van der Waals surface area contributed by atoms with Crippen LogP contribution >= 0.6 is 24.8 Å². The third kappa shape index (κ3) is 12.9. The first kappa shape index (κ1) is 59.7. The molecule has 78 heavy (non-hydrogen) atoms. The summed E-state index contributed by atoms with van der Waals surface area (Å²) in [7, 11) is 3.39. The maximum Gasteiger partial charge on any atom is 0.246 e. The van der Waals surface area contributed by atoms with E-state index < -0.39 is 36.3 Å². The van der Waals surface area contributed by atoms with Crippen molar-refractivity contribution in [2.45, 2.75) is 179 Å². The summed E-state index contributed by atoms with van der Waals surface area (Å²) < 4.78 is 3.72. The van der Waals surface area contributed by atoms with Crippen molar-refractivity contribution in [3.05, 3.63) is 82.2 Å². The van der Waals surface area contributed by atoms with Crippen molar-refractivity contribution in [3.63, 3.8) is 0 Å². The van der Waals surface area contributed by atoms with Gasteiger partial charge in [0.2, 0.25) is 35.4 Å². The van der Waals surface area contributed by atoms with E-state index in [0.29, 0.717) is 88.9 Å². The maximum absolute atomic E-state index is 14.8. The molecular weight excluding hydrogens is 1040 g/mol. The minimum atomic E-state index is -0.908. The fourth-order valence-corrected chi connectivity index (χ4v) is 12.1. The van der Waals surface area contributed by atoms with Gasteiger partial charge in [-0.3, -0.25) is 28.8 Å². The fourth-order valence-electron chi connectivity index (χ4n) is 12.1. The number of carbonyl (C=O) groups excluding carboxylic acids is 6. The number of aromatic nitrogens is 6. The Balaban J connectivity index is 0.00000441. The van der Waals surface area contributed by atoms with Gasteiger partial charge in [0.25, 0.3) is 0 Å². The van der Waals surface area contributed by atoms with Crippen LogP contribution in [0.4, 0.5) is 0 Å². The van der Waals surface area contributed by atoms with Crippen molar-refractivity contribution in [1.82, 2.24) is 71.7 Å². The number of rotatable bonds is 20. The average molecular weight is 1120 g/mol. The SMILES string of the molecule is CN[C@@H](C)C(=O)NC(C(=O)N1CCC[C@H]1C(=O)NC1CCCc2ccccc21)[C@@H](C)CCc1nnn2c1-c1c(CC[C@H](C)[C@H](NC(=O)[C@H](C)NC)C(=O)N3CCC[C@H]3C(=O)N[C@@H]3CCCc4ccccc43)nnn1CC2.Cl.Cl. The Hall–Kier alpha value is -5.96. The van der Waals surface area contributed by atoms with E-state index in [4.69, 9.17) is 0 Å². The van der Waals surface area contributed by atoms with Gasteiger partial charge in [-0.15, -0.1) is 35.0 Å². The largest absolute Gasteiger partial charge is 0.347 e. The quantitative estimate of drug-likeness (QED) is 0.0734. The summed E-state index contributed by atoms with van der Waals surface area (Å²) in [4.78, 5) is 88.0. The molecule has 0 saturated carbocycles. The number of nitrogens with zero attached hydrogens (tertiary/aromatic N) is 8. The van der Waals surface area contributed by atoms with Gasteiger partial charge in [0.05, 0.1) is 48.6 Å². The normalized spacial score (nSPS) is 21.6. The zero-order valence-electron chi connectivity index (χ0n) is 46.0. The molecule has 22 heteroatoms. The molecule has 2 aromatic carbocycles. The highest BCUT2D eigenvalue weighted by Gasteiger charge is 2.43. The van der Waals surface area contributed by atoms with Gasteiger partial charge < -0.3 is 41.7 Å². The molecule has 2 unspecified atom stereocenters. The van der Waals surface area contributed by atoms with Crippen LogP contribution in [0.1, 0.15) is 138 Å². The van der Waals surface area contributed by atoms with E-state index in [1.54, 1.807) is 37.7 Å². The zero-order valence-corrected chi connectivity index (χ0v) is 47.6. The molecule has 2 saturated heterocycles. The van der Waals surface area contributed by atoms with E-state index in [2.05, 4.69) is 76.8 Å². The van der Waals surface area contributed by atoms with Crippen LogP contribution in [0.2, 0.25) is 0 Å². The maximum atomic E-state index is 14.8. The van der Waals surface area contributed by atoms with Crippen molar-refractivity contribution >= 4 is 60.3 Å². The van der Waals surface area contributed by atoms with Crippen LogP contribution in [-0.4, -0.2) is 139 Å². The number of hydrogen-bond acceptors (Lipinski definition) is 12. The molecule has 5 aliphatic rings. The zero-order chi connectivity index (χ0) is 53.6. The molecular formula is C56H80Cl2N14O6. The van der Waals surface area contributed by atoms with Gasteiger partial charge in [0.1, 0.15) is 35.6 Å². The molecule has 4 aromatic rings. The third-order valence-corrected chi connectivity index (χ3v) is 17.0. The second-order valence-electron chi connectivity index (χ2n) is 21.9. The minimum absolute atomic E-state index is 0. The van der Waals surface area contributed by atoms with Gasteiger partial charge >= 0.3 is 0 Å². The van der Waals surface area contributed by atoms with Crippen molar-refractivity contribution in [2.75, 3.05) is 27.2 Å². The number of likely N-dealkylation sites (N-methyl/N-ethyl adjacent to an activating group) is 2. The van der Waals surface area contributed by atoms with Crippen LogP contribution in [0.3, 0.4) is 0 Å². The molecule has 0 spiro atoms. The Kier molecular flexibility index (Phi) is 20.5. The Morgan fingerprint density at radius 3 is 1.35 bits per heavy atom. The number of amides is 6. The number of halogens is 2. The highest BCUT2D eigenvalue weighted by molar-refractivity contribution is 5.95. The van der Waals surface area contributed by atoms with Crippen LogP contribution in [0.5, 0.6) is 0 Å². The summed E-state index contributed by atoms with van der Waals surface area (Å²) in [5.74, 6) is -2.25. The van der Waals surface area contributed by atoms with Crippen LogP contribution < -0.4 is 31.9 Å². The van der Waals surface area contributed by atoms with Crippen LogP contribution in [-0.2, 0) is 67.5 Å². The summed E-state index contributed by atoms with van der Waals surface area (Å²) >= 11 is 0. The van der Waals surface area contributed by atoms with Gasteiger partial charge in [0.15, 0.2) is 0 Å². The molecule has 424 valence electrons. The Labute approximate surface area is 470 Å². The Bertz CT molecular complexity index is 2590. The van der Waals surface area contributed by atoms with Crippen LogP contribution in [0, 0.1) is 11.8 Å². The molecule has 2 aliphatic carbocycles. The summed E-state index contributed by atoms with van der Waals surface area (Å²) in [5, 5.41) is 37.1. The molecule has 0 bridgehead atoms. The van der Waals surface area contributed by atoms with Crippen molar-refractivity contribution in [3.8, 4) is 11.4 Å². The van der Waals surface area contributed by atoms with Gasteiger partial charge in [-0.05, 0) is 152 Å². The minimum Gasteiger partial charge on any atom is -0.347 e. The number of hydrogen-bond donors (Lipinski definition) is 6. The summed E-state index contributed by atoms with van der Waals surface area (Å²) in [5.41, 5.74) is 7.70. The number of nitrogens with one attached hydrogen (secondary N) is 6. The topological polar surface area (TPSA) is 242 Å². The first-order valence-electron chi connectivity index (χ1n) is 27.9. The first-order valence-corrected chi connectivity index (χ1v) is 27.9. The van der Waals surface area contributed by atoms with E-state index in [1.807, 2.05) is 47.5 Å². The van der Waals surface area contributed by atoms with Gasteiger partial charge in [-0.2, -0.15) is 0 Å². The van der Waals surface area contributed by atoms with Crippen molar-refractivity contribution in [2.24, 2.45) is 11.8 Å². The number of likely N-dealkylation sites (tertiary alicyclic amines) is 2. The lowest BCUT2D eigenvalue weighted by Crippen LogP contribution is -2.57. The highest BCUT2D eigenvalue weighted by atomic mass is 35.5. The summed E-state index contributed by atoms with van der Waals surface area (Å²) in [6.07, 6.45) is 9.78. The first-order chi connectivity index (χ1) is 36.8. The lowest BCUT2D eigenvalue weighted by Gasteiger charge is -2.33. The summed E-state index contributed by atoms with van der Waals surface area (Å²) in [6.45, 7) is 9.27. The van der Waals surface area contributed by atoms with Gasteiger partial charge in [-0.25, -0.2) is 9.36 Å². The van der Waals surface area contributed by atoms with E-state index in [-0.39, 0.29) is 84.2 Å². The molecule has 3 aliphatic heterocycles. The molecule has 6 amide bonds. The molecule has 6 N–H and O–H groups in total. The number of carbonyl (C=O) groups is 6. The average Bonchev–Trinajstić information content (AvgIpc) is 4.40. The van der Waals surface area contributed by atoms with Gasteiger partial charge in [-0.1, -0.05) is 72.8 Å². The van der Waals surface area contributed by atoms with Crippen molar-refractivity contribution < 1.29 is 28.8 Å². The highest BCUT2D eigenvalue weighted by Crippen LogP contribution is 2.35. The Morgan fingerprint density at radius 2 is 0.949 bits per heavy atom. The lowest BCUT2D eigenvalue weighted by molar-refractivity contribution is -0.143. The fraction of sp³-hybridized carbons (Fsp3) is 0.607. The molecule has 2 fully saturated rings. The van der Waals surface area contributed by atoms with E-state index in [9.17, 15) is 28.8 Å². The molecule has 9 rings (SSSR count). The third-order valence-electron chi connectivity index (χ3n) is 17.0. The van der Waals surface area contributed by atoms with E-state index in [1.165, 1.54) is 11.1 Å². The number of fused-ring (bicyclic) bond motifs is 5. The predicted octanol–water partition coefficient (Wildman–Crippen LogP) is 4.09. The smallest absolute Gasteiger partial charge is 0.246 e. The van der Waals surface area contributed by atoms with E-state index in [0.717, 1.165) is 61.0 Å². The molecule has 0 radical (unpaired) electrons. The summed E-state index contributed by atoms with van der Waals surface area (Å²) in [6, 6.07) is 12.0. The predicted molar refractivity (Wildman–Crippen MR) is 299 cm³/mol. The van der Waals surface area contributed by atoms with E-state index >= 15 is 0 Å². The molecule has 10 atom stereocenters. The van der Waals surface area contributed by atoms with Crippen LogP contribution in [0.25, 0.3) is 11.4 Å². The lowest BCUT2D eigenvalue weighted by atomic mass is 9.87. The number of aryl methyl sites for hydroxylation is 6. The number of benzene rings is 2. The monoisotopic (exact) mass is 1110 g/mol. The Morgan fingerprint density at radius 1 is 0.551 bits per heavy atom. The van der Waals surface area contributed by atoms with Crippen LogP contribution in [0.15, 0.2) is 48.5 Å². The second-order valence-corrected chi connectivity index (χ2v) is 21.9. The van der Waals surface area contributed by atoms with Gasteiger partial charge in [0, 0.05) is 13.1 Å².